The zero-order valence-electron chi connectivity index (χ0n) is 17.0. The number of likely N-dealkylation sites (tertiary alicyclic amines) is 1. The summed E-state index contributed by atoms with van der Waals surface area (Å²) >= 11 is 0. The van der Waals surface area contributed by atoms with E-state index in [1.165, 1.54) is 6.07 Å². The number of amides is 1. The number of aromatic nitrogens is 3. The van der Waals surface area contributed by atoms with Gasteiger partial charge in [0.1, 0.15) is 11.9 Å². The molecule has 0 bridgehead atoms. The molecular formula is C24H21FN4O2. The lowest BCUT2D eigenvalue weighted by Gasteiger charge is -2.47. The number of nitrogens with zero attached hydrogens (tertiary/aromatic N) is 4. The van der Waals surface area contributed by atoms with Crippen molar-refractivity contribution in [3.63, 3.8) is 0 Å². The van der Waals surface area contributed by atoms with Crippen LogP contribution in [0.15, 0.2) is 55.0 Å². The lowest BCUT2D eigenvalue weighted by Crippen LogP contribution is -2.59. The van der Waals surface area contributed by atoms with Crippen molar-refractivity contribution < 1.29 is 13.9 Å². The maximum Gasteiger partial charge on any atom is 0.255 e. The maximum atomic E-state index is 14.8. The Morgan fingerprint density at radius 3 is 2.74 bits per heavy atom. The molecule has 3 fully saturated rings. The van der Waals surface area contributed by atoms with Crippen molar-refractivity contribution in [3.05, 3.63) is 71.9 Å². The molecule has 6 nitrogen and oxygen atoms in total. The molecule has 2 aliphatic carbocycles. The Hall–Kier alpha value is -3.35. The first-order chi connectivity index (χ1) is 15.1. The van der Waals surface area contributed by atoms with Crippen LogP contribution >= 0.6 is 0 Å². The predicted molar refractivity (Wildman–Crippen MR) is 111 cm³/mol. The van der Waals surface area contributed by atoms with Crippen LogP contribution in [0.25, 0.3) is 11.4 Å². The smallest absolute Gasteiger partial charge is 0.255 e. The first-order valence-corrected chi connectivity index (χ1v) is 10.5. The van der Waals surface area contributed by atoms with E-state index < -0.39 is 5.82 Å². The minimum atomic E-state index is -0.499. The molecule has 0 radical (unpaired) electrons. The summed E-state index contributed by atoms with van der Waals surface area (Å²) in [5, 5.41) is 0. The van der Waals surface area contributed by atoms with Gasteiger partial charge in [-0.2, -0.15) is 0 Å². The van der Waals surface area contributed by atoms with Crippen molar-refractivity contribution in [2.24, 2.45) is 11.3 Å². The number of carbonyl (C=O) groups is 1. The quantitative estimate of drug-likeness (QED) is 0.649. The highest BCUT2D eigenvalue weighted by molar-refractivity contribution is 6.01. The molecule has 3 heterocycles. The molecule has 3 aromatic rings. The van der Waals surface area contributed by atoms with Crippen molar-refractivity contribution in [3.8, 4) is 17.3 Å². The van der Waals surface area contributed by atoms with E-state index in [0.29, 0.717) is 23.9 Å². The fourth-order valence-corrected chi connectivity index (χ4v) is 5.44. The van der Waals surface area contributed by atoms with Gasteiger partial charge in [0.2, 0.25) is 5.88 Å². The molecule has 3 aliphatic rings. The van der Waals surface area contributed by atoms with Gasteiger partial charge in [0.15, 0.2) is 5.82 Å². The highest BCUT2D eigenvalue weighted by atomic mass is 19.1. The number of aryl methyl sites for hydroxylation is 1. The van der Waals surface area contributed by atoms with Gasteiger partial charge in [0, 0.05) is 36.6 Å². The molecule has 31 heavy (non-hydrogen) atoms. The number of ether oxygens (including phenoxy) is 1. The van der Waals surface area contributed by atoms with Gasteiger partial charge in [0.25, 0.3) is 5.91 Å². The minimum absolute atomic E-state index is 0.0130. The van der Waals surface area contributed by atoms with Crippen LogP contribution in [-0.4, -0.2) is 44.4 Å². The zero-order chi connectivity index (χ0) is 21.2. The molecule has 2 aromatic heterocycles. The maximum absolute atomic E-state index is 14.8. The van der Waals surface area contributed by atoms with Gasteiger partial charge >= 0.3 is 0 Å². The Balaban J connectivity index is 1.31. The summed E-state index contributed by atoms with van der Waals surface area (Å²) in [6.45, 7) is 2.66. The van der Waals surface area contributed by atoms with Crippen LogP contribution in [0.3, 0.4) is 0 Å². The molecule has 4 atom stereocenters. The van der Waals surface area contributed by atoms with Crippen molar-refractivity contribution in [1.29, 1.82) is 0 Å². The summed E-state index contributed by atoms with van der Waals surface area (Å²) in [6, 6.07) is 10.0. The molecule has 6 rings (SSSR count). The SMILES string of the molecule is Cc1ccc(OC2CC34CC3CN(C(=O)c3cccc(F)c3-c3ncccn3)C24)nc1. The molecule has 1 amide bonds. The van der Waals surface area contributed by atoms with E-state index in [1.807, 2.05) is 24.0 Å². The van der Waals surface area contributed by atoms with Crippen LogP contribution < -0.4 is 4.74 Å². The molecule has 156 valence electrons. The standard InChI is InChI=1S/C24H21FN4O2/c1-14-6-7-19(28-12-14)31-18-11-24-10-15(24)13-29(21(18)24)23(30)16-4-2-5-17(25)20(16)22-26-8-3-9-27-22/h2-9,12,15,18,21H,10-11,13H2,1H3. The van der Waals surface area contributed by atoms with Crippen molar-refractivity contribution in [1.82, 2.24) is 19.9 Å². The normalized spacial score (nSPS) is 27.8. The van der Waals surface area contributed by atoms with E-state index in [9.17, 15) is 9.18 Å². The van der Waals surface area contributed by atoms with Crippen LogP contribution in [0.5, 0.6) is 5.88 Å². The monoisotopic (exact) mass is 416 g/mol. The number of hydrogen-bond donors (Lipinski definition) is 0. The topological polar surface area (TPSA) is 68.2 Å². The average molecular weight is 416 g/mol. The fourth-order valence-electron chi connectivity index (χ4n) is 5.44. The Morgan fingerprint density at radius 2 is 1.97 bits per heavy atom. The van der Waals surface area contributed by atoms with Gasteiger partial charge in [-0.25, -0.2) is 19.3 Å². The highest BCUT2D eigenvalue weighted by Gasteiger charge is 2.76. The zero-order valence-corrected chi connectivity index (χ0v) is 17.0. The first-order valence-electron chi connectivity index (χ1n) is 10.5. The van der Waals surface area contributed by atoms with Gasteiger partial charge < -0.3 is 9.64 Å². The highest BCUT2D eigenvalue weighted by Crippen LogP contribution is 2.71. The molecular weight excluding hydrogens is 395 g/mol. The Bertz CT molecular complexity index is 1170. The minimum Gasteiger partial charge on any atom is -0.472 e. The number of halogens is 1. The molecule has 0 N–H and O–H groups in total. The number of benzene rings is 1. The van der Waals surface area contributed by atoms with E-state index in [2.05, 4.69) is 15.0 Å². The van der Waals surface area contributed by atoms with E-state index >= 15 is 0 Å². The number of rotatable bonds is 4. The van der Waals surface area contributed by atoms with E-state index in [0.717, 1.165) is 18.4 Å². The molecule has 1 aromatic carbocycles. The van der Waals surface area contributed by atoms with Crippen LogP contribution in [0.2, 0.25) is 0 Å². The van der Waals surface area contributed by atoms with Crippen LogP contribution in [0.4, 0.5) is 4.39 Å². The lowest BCUT2D eigenvalue weighted by molar-refractivity contribution is -0.0345. The number of piperidine rings is 1. The average Bonchev–Trinajstić information content (AvgIpc) is 3.43. The largest absolute Gasteiger partial charge is 0.472 e. The molecule has 4 unspecified atom stereocenters. The van der Waals surface area contributed by atoms with Gasteiger partial charge in [-0.05, 0) is 49.4 Å². The molecule has 1 saturated heterocycles. The van der Waals surface area contributed by atoms with E-state index in [1.54, 1.807) is 36.8 Å². The van der Waals surface area contributed by atoms with Gasteiger partial charge in [0.05, 0.1) is 17.2 Å². The summed E-state index contributed by atoms with van der Waals surface area (Å²) in [4.78, 5) is 28.2. The first kappa shape index (κ1) is 18.4. The van der Waals surface area contributed by atoms with Crippen molar-refractivity contribution >= 4 is 5.91 Å². The summed E-state index contributed by atoms with van der Waals surface area (Å²) in [6.07, 6.45) is 6.83. The van der Waals surface area contributed by atoms with E-state index in [-0.39, 0.29) is 34.9 Å². The van der Waals surface area contributed by atoms with Crippen LogP contribution in [-0.2, 0) is 0 Å². The van der Waals surface area contributed by atoms with Crippen molar-refractivity contribution in [2.75, 3.05) is 6.54 Å². The Labute approximate surface area is 179 Å². The second-order valence-electron chi connectivity index (χ2n) is 8.81. The third-order valence-electron chi connectivity index (χ3n) is 7.01. The second-order valence-corrected chi connectivity index (χ2v) is 8.81. The summed E-state index contributed by atoms with van der Waals surface area (Å²) in [5.41, 5.74) is 1.67. The third-order valence-corrected chi connectivity index (χ3v) is 7.01. The summed E-state index contributed by atoms with van der Waals surface area (Å²) in [5.74, 6) is 0.599. The number of pyridine rings is 1. The number of carbonyl (C=O) groups excluding carboxylic acids is 1. The lowest BCUT2D eigenvalue weighted by atomic mass is 9.73. The summed E-state index contributed by atoms with van der Waals surface area (Å²) in [7, 11) is 0. The Morgan fingerprint density at radius 1 is 1.13 bits per heavy atom. The fraction of sp³-hybridized carbons (Fsp3) is 0.333. The second kappa shape index (κ2) is 6.57. The van der Waals surface area contributed by atoms with Crippen LogP contribution in [0.1, 0.15) is 28.8 Å². The van der Waals surface area contributed by atoms with Gasteiger partial charge in [-0.1, -0.05) is 12.1 Å². The predicted octanol–water partition coefficient (Wildman–Crippen LogP) is 3.67. The van der Waals surface area contributed by atoms with E-state index in [4.69, 9.17) is 4.74 Å². The van der Waals surface area contributed by atoms with Gasteiger partial charge in [-0.15, -0.1) is 0 Å². The molecule has 1 spiro atoms. The van der Waals surface area contributed by atoms with Crippen LogP contribution in [0, 0.1) is 24.1 Å². The molecule has 2 saturated carbocycles. The van der Waals surface area contributed by atoms with Crippen molar-refractivity contribution in [2.45, 2.75) is 31.9 Å². The number of hydrogen-bond acceptors (Lipinski definition) is 5. The summed E-state index contributed by atoms with van der Waals surface area (Å²) < 4.78 is 20.9. The molecule has 7 heteroatoms. The molecule has 1 aliphatic heterocycles. The van der Waals surface area contributed by atoms with Gasteiger partial charge in [-0.3, -0.25) is 4.79 Å². The Kier molecular flexibility index (Phi) is 3.91. The third kappa shape index (κ3) is 2.76.